The van der Waals surface area contributed by atoms with Crippen molar-refractivity contribution < 1.29 is 18.9 Å². The van der Waals surface area contributed by atoms with Crippen molar-refractivity contribution in [2.45, 2.75) is 26.9 Å². The normalized spacial score (nSPS) is 14.9. The standard InChI is InChI=1S/C7H18NO4P/c1-4-8(5-2)6-7(3)12-13(9,10)11/h7H,4-6H2,1-3H3,(H2,9,10,11). The molecule has 0 aromatic carbocycles. The third-order valence-corrected chi connectivity index (χ3v) is 2.36. The zero-order chi connectivity index (χ0) is 10.5. The molecular formula is C7H18NO4P. The lowest BCUT2D eigenvalue weighted by molar-refractivity contribution is 0.110. The molecule has 0 saturated heterocycles. The van der Waals surface area contributed by atoms with Crippen LogP contribution in [0.4, 0.5) is 0 Å². The van der Waals surface area contributed by atoms with E-state index in [-0.39, 0.29) is 0 Å². The van der Waals surface area contributed by atoms with Crippen LogP contribution in [0.3, 0.4) is 0 Å². The Kier molecular flexibility index (Phi) is 5.76. The van der Waals surface area contributed by atoms with Gasteiger partial charge in [-0.25, -0.2) is 4.57 Å². The second kappa shape index (κ2) is 5.73. The van der Waals surface area contributed by atoms with Crippen LogP contribution in [0.2, 0.25) is 0 Å². The molecule has 1 atom stereocenters. The first-order valence-electron chi connectivity index (χ1n) is 4.35. The summed E-state index contributed by atoms with van der Waals surface area (Å²) in [5, 5.41) is 0. The molecule has 0 spiro atoms. The van der Waals surface area contributed by atoms with Crippen molar-refractivity contribution in [3.8, 4) is 0 Å². The number of likely N-dealkylation sites (N-methyl/N-ethyl adjacent to an activating group) is 1. The third-order valence-electron chi connectivity index (χ3n) is 1.73. The number of nitrogens with zero attached hydrogens (tertiary/aromatic N) is 1. The molecule has 5 nitrogen and oxygen atoms in total. The van der Waals surface area contributed by atoms with Gasteiger partial charge in [-0.05, 0) is 20.0 Å². The highest BCUT2D eigenvalue weighted by Gasteiger charge is 2.19. The summed E-state index contributed by atoms with van der Waals surface area (Å²) in [5.74, 6) is 0. The van der Waals surface area contributed by atoms with Gasteiger partial charge in [0.25, 0.3) is 0 Å². The number of rotatable bonds is 6. The van der Waals surface area contributed by atoms with Gasteiger partial charge in [-0.3, -0.25) is 4.52 Å². The monoisotopic (exact) mass is 211 g/mol. The van der Waals surface area contributed by atoms with Crippen LogP contribution in [0.25, 0.3) is 0 Å². The molecule has 0 aliphatic heterocycles. The van der Waals surface area contributed by atoms with Crippen LogP contribution in [0, 0.1) is 0 Å². The zero-order valence-electron chi connectivity index (χ0n) is 8.30. The first kappa shape index (κ1) is 13.1. The lowest BCUT2D eigenvalue weighted by Gasteiger charge is -2.22. The lowest BCUT2D eigenvalue weighted by atomic mass is 10.3. The van der Waals surface area contributed by atoms with E-state index in [4.69, 9.17) is 9.79 Å². The fourth-order valence-electron chi connectivity index (χ4n) is 1.11. The van der Waals surface area contributed by atoms with Crippen LogP contribution in [0.1, 0.15) is 20.8 Å². The van der Waals surface area contributed by atoms with E-state index in [1.54, 1.807) is 6.92 Å². The number of hydrogen-bond acceptors (Lipinski definition) is 3. The van der Waals surface area contributed by atoms with Gasteiger partial charge < -0.3 is 14.7 Å². The first-order valence-corrected chi connectivity index (χ1v) is 5.88. The van der Waals surface area contributed by atoms with Gasteiger partial charge >= 0.3 is 7.82 Å². The van der Waals surface area contributed by atoms with Crippen molar-refractivity contribution in [2.24, 2.45) is 0 Å². The Hall–Kier alpha value is 0.0700. The van der Waals surface area contributed by atoms with Crippen molar-refractivity contribution in [1.82, 2.24) is 4.90 Å². The van der Waals surface area contributed by atoms with E-state index in [0.29, 0.717) is 6.54 Å². The van der Waals surface area contributed by atoms with E-state index in [1.807, 2.05) is 18.7 Å². The van der Waals surface area contributed by atoms with Crippen LogP contribution in [-0.4, -0.2) is 40.4 Å². The molecule has 13 heavy (non-hydrogen) atoms. The summed E-state index contributed by atoms with van der Waals surface area (Å²) in [5.41, 5.74) is 0. The fraction of sp³-hybridized carbons (Fsp3) is 1.00. The highest BCUT2D eigenvalue weighted by atomic mass is 31.2. The number of phosphoric ester groups is 1. The largest absolute Gasteiger partial charge is 0.469 e. The Labute approximate surface area is 78.9 Å². The summed E-state index contributed by atoms with van der Waals surface area (Å²) in [6.45, 7) is 7.88. The minimum atomic E-state index is -4.33. The molecule has 1 unspecified atom stereocenters. The summed E-state index contributed by atoms with van der Waals surface area (Å²) < 4.78 is 15.0. The van der Waals surface area contributed by atoms with Crippen molar-refractivity contribution in [3.63, 3.8) is 0 Å². The van der Waals surface area contributed by atoms with E-state index < -0.39 is 13.9 Å². The summed E-state index contributed by atoms with van der Waals surface area (Å²) >= 11 is 0. The quantitative estimate of drug-likeness (QED) is 0.637. The predicted molar refractivity (Wildman–Crippen MR) is 50.4 cm³/mol. The van der Waals surface area contributed by atoms with Crippen LogP contribution < -0.4 is 0 Å². The van der Waals surface area contributed by atoms with Crippen LogP contribution >= 0.6 is 7.82 Å². The Balaban J connectivity index is 3.85. The lowest BCUT2D eigenvalue weighted by Crippen LogP contribution is -2.31. The van der Waals surface area contributed by atoms with Gasteiger partial charge in [0.05, 0.1) is 6.10 Å². The minimum Gasteiger partial charge on any atom is -0.303 e. The molecule has 0 rings (SSSR count). The Morgan fingerprint density at radius 2 is 1.85 bits per heavy atom. The van der Waals surface area contributed by atoms with Crippen LogP contribution in [-0.2, 0) is 9.09 Å². The smallest absolute Gasteiger partial charge is 0.303 e. The van der Waals surface area contributed by atoms with E-state index in [2.05, 4.69) is 4.52 Å². The average Bonchev–Trinajstić information content (AvgIpc) is 1.96. The summed E-state index contributed by atoms with van der Waals surface area (Å²) in [6.07, 6.45) is -0.444. The second-order valence-corrected chi connectivity index (χ2v) is 4.08. The van der Waals surface area contributed by atoms with E-state index in [1.165, 1.54) is 0 Å². The van der Waals surface area contributed by atoms with Crippen LogP contribution in [0.15, 0.2) is 0 Å². The summed E-state index contributed by atoms with van der Waals surface area (Å²) in [6, 6.07) is 0. The first-order chi connectivity index (χ1) is 5.89. The zero-order valence-corrected chi connectivity index (χ0v) is 9.20. The van der Waals surface area contributed by atoms with Crippen molar-refractivity contribution in [1.29, 1.82) is 0 Å². The predicted octanol–water partition coefficient (Wildman–Crippen LogP) is 0.826. The van der Waals surface area contributed by atoms with Gasteiger partial charge in [-0.2, -0.15) is 0 Å². The minimum absolute atomic E-state index is 0.444. The molecule has 0 aromatic rings. The molecular weight excluding hydrogens is 193 g/mol. The maximum Gasteiger partial charge on any atom is 0.469 e. The molecule has 0 aromatic heterocycles. The van der Waals surface area contributed by atoms with Crippen LogP contribution in [0.5, 0.6) is 0 Å². The molecule has 0 amide bonds. The van der Waals surface area contributed by atoms with E-state index >= 15 is 0 Å². The van der Waals surface area contributed by atoms with Gasteiger partial charge in [0.1, 0.15) is 0 Å². The molecule has 0 radical (unpaired) electrons. The van der Waals surface area contributed by atoms with Crippen molar-refractivity contribution in [2.75, 3.05) is 19.6 Å². The molecule has 0 heterocycles. The summed E-state index contributed by atoms with van der Waals surface area (Å²) in [4.78, 5) is 19.1. The van der Waals surface area contributed by atoms with Gasteiger partial charge in [-0.1, -0.05) is 13.8 Å². The molecule has 0 fully saturated rings. The van der Waals surface area contributed by atoms with E-state index in [0.717, 1.165) is 13.1 Å². The van der Waals surface area contributed by atoms with Crippen molar-refractivity contribution in [3.05, 3.63) is 0 Å². The molecule has 6 heteroatoms. The average molecular weight is 211 g/mol. The second-order valence-electron chi connectivity index (χ2n) is 2.89. The SMILES string of the molecule is CCN(CC)CC(C)OP(=O)(O)O. The topological polar surface area (TPSA) is 70.0 Å². The molecule has 2 N–H and O–H groups in total. The van der Waals surface area contributed by atoms with Gasteiger partial charge in [0, 0.05) is 6.54 Å². The maximum atomic E-state index is 10.5. The molecule has 80 valence electrons. The van der Waals surface area contributed by atoms with Gasteiger partial charge in [0.15, 0.2) is 0 Å². The molecule has 0 saturated carbocycles. The molecule has 0 bridgehead atoms. The Bertz CT molecular complexity index is 177. The number of phosphoric acid groups is 1. The Morgan fingerprint density at radius 3 is 2.15 bits per heavy atom. The van der Waals surface area contributed by atoms with Crippen molar-refractivity contribution >= 4 is 7.82 Å². The van der Waals surface area contributed by atoms with E-state index in [9.17, 15) is 4.57 Å². The van der Waals surface area contributed by atoms with Gasteiger partial charge in [0.2, 0.25) is 0 Å². The molecule has 0 aliphatic rings. The third kappa shape index (κ3) is 7.16. The highest BCUT2D eigenvalue weighted by Crippen LogP contribution is 2.37. The fourth-order valence-corrected chi connectivity index (χ4v) is 1.65. The highest BCUT2D eigenvalue weighted by molar-refractivity contribution is 7.46. The Morgan fingerprint density at radius 1 is 1.38 bits per heavy atom. The number of hydrogen-bond donors (Lipinski definition) is 2. The summed E-state index contributed by atoms with van der Waals surface area (Å²) in [7, 11) is -4.33. The van der Waals surface area contributed by atoms with Gasteiger partial charge in [-0.15, -0.1) is 0 Å². The molecule has 0 aliphatic carbocycles. The maximum absolute atomic E-state index is 10.5.